The second-order valence-electron chi connectivity index (χ2n) is 5.76. The Bertz CT molecular complexity index is 573. The van der Waals surface area contributed by atoms with Crippen LogP contribution in [0, 0.1) is 17.7 Å². The maximum atomic E-state index is 12.9. The molecule has 1 unspecified atom stereocenters. The molecule has 0 spiro atoms. The number of sulfonamides is 1. The van der Waals surface area contributed by atoms with Crippen LogP contribution in [-0.4, -0.2) is 27.5 Å². The Morgan fingerprint density at radius 3 is 2.55 bits per heavy atom. The summed E-state index contributed by atoms with van der Waals surface area (Å²) < 4.78 is 40.1. The fourth-order valence-electron chi connectivity index (χ4n) is 3.31. The summed E-state index contributed by atoms with van der Waals surface area (Å²) in [5, 5.41) is 3.37. The summed E-state index contributed by atoms with van der Waals surface area (Å²) in [7, 11) is -3.54. The third-order valence-electron chi connectivity index (χ3n) is 4.40. The Kier molecular flexibility index (Phi) is 3.79. The van der Waals surface area contributed by atoms with E-state index in [1.165, 1.54) is 24.3 Å². The molecular weight excluding hydrogens is 279 g/mol. The van der Waals surface area contributed by atoms with Crippen LogP contribution in [0.25, 0.3) is 0 Å². The molecule has 1 aromatic rings. The zero-order valence-electron chi connectivity index (χ0n) is 11.2. The highest BCUT2D eigenvalue weighted by Crippen LogP contribution is 2.33. The summed E-state index contributed by atoms with van der Waals surface area (Å²) in [6.07, 6.45) is 2.83. The predicted octanol–water partition coefficient (Wildman–Crippen LogP) is 1.49. The topological polar surface area (TPSA) is 58.2 Å². The standard InChI is InChI=1S/C14H19FN2O2S/c15-12-2-5-14(6-3-12)20(18,19)17-13-4-1-10-8-16-9-11(10)7-13/h2-3,5-6,10-11,13,16-17H,1,4,7-9H2/t10-,11+,13?/m0/s1. The van der Waals surface area contributed by atoms with E-state index in [-0.39, 0.29) is 10.9 Å². The Balaban J connectivity index is 1.69. The largest absolute Gasteiger partial charge is 0.316 e. The average molecular weight is 298 g/mol. The van der Waals surface area contributed by atoms with Crippen LogP contribution >= 0.6 is 0 Å². The summed E-state index contributed by atoms with van der Waals surface area (Å²) in [4.78, 5) is 0.130. The van der Waals surface area contributed by atoms with Gasteiger partial charge in [-0.3, -0.25) is 0 Å². The third-order valence-corrected chi connectivity index (χ3v) is 5.94. The summed E-state index contributed by atoms with van der Waals surface area (Å²) in [5.74, 6) is 0.840. The minimum Gasteiger partial charge on any atom is -0.316 e. The van der Waals surface area contributed by atoms with Crippen molar-refractivity contribution in [3.63, 3.8) is 0 Å². The fraction of sp³-hybridized carbons (Fsp3) is 0.571. The lowest BCUT2D eigenvalue weighted by molar-refractivity contribution is 0.260. The Morgan fingerprint density at radius 2 is 1.80 bits per heavy atom. The number of rotatable bonds is 3. The Labute approximate surface area is 118 Å². The molecule has 1 aliphatic heterocycles. The van der Waals surface area contributed by atoms with Gasteiger partial charge in [0.25, 0.3) is 0 Å². The third kappa shape index (κ3) is 2.87. The highest BCUT2D eigenvalue weighted by atomic mass is 32.2. The lowest BCUT2D eigenvalue weighted by atomic mass is 9.79. The van der Waals surface area contributed by atoms with Crippen molar-refractivity contribution in [1.82, 2.24) is 10.0 Å². The number of benzene rings is 1. The molecular formula is C14H19FN2O2S. The van der Waals surface area contributed by atoms with E-state index >= 15 is 0 Å². The fourth-order valence-corrected chi connectivity index (χ4v) is 4.59. The molecule has 1 aliphatic carbocycles. The molecule has 0 amide bonds. The van der Waals surface area contributed by atoms with Crippen LogP contribution in [0.1, 0.15) is 19.3 Å². The molecule has 1 aromatic carbocycles. The van der Waals surface area contributed by atoms with Gasteiger partial charge in [0.1, 0.15) is 5.82 Å². The average Bonchev–Trinajstić information content (AvgIpc) is 2.86. The molecule has 0 bridgehead atoms. The van der Waals surface area contributed by atoms with Crippen molar-refractivity contribution in [2.75, 3.05) is 13.1 Å². The van der Waals surface area contributed by atoms with Gasteiger partial charge in [-0.2, -0.15) is 0 Å². The van der Waals surface area contributed by atoms with Gasteiger partial charge in [0.15, 0.2) is 0 Å². The molecule has 2 N–H and O–H groups in total. The van der Waals surface area contributed by atoms with Gasteiger partial charge in [-0.1, -0.05) is 0 Å². The van der Waals surface area contributed by atoms with Crippen LogP contribution in [0.3, 0.4) is 0 Å². The Morgan fingerprint density at radius 1 is 1.10 bits per heavy atom. The lowest BCUT2D eigenvalue weighted by Gasteiger charge is -2.31. The molecule has 6 heteroatoms. The first-order valence-electron chi connectivity index (χ1n) is 7.03. The van der Waals surface area contributed by atoms with E-state index in [0.29, 0.717) is 11.8 Å². The summed E-state index contributed by atoms with van der Waals surface area (Å²) in [5.41, 5.74) is 0. The summed E-state index contributed by atoms with van der Waals surface area (Å²) >= 11 is 0. The smallest absolute Gasteiger partial charge is 0.240 e. The van der Waals surface area contributed by atoms with E-state index in [1.807, 2.05) is 0 Å². The molecule has 20 heavy (non-hydrogen) atoms. The van der Waals surface area contributed by atoms with Crippen molar-refractivity contribution < 1.29 is 12.8 Å². The van der Waals surface area contributed by atoms with E-state index < -0.39 is 15.8 Å². The van der Waals surface area contributed by atoms with Crippen LogP contribution in [0.15, 0.2) is 29.2 Å². The van der Waals surface area contributed by atoms with Gasteiger partial charge in [-0.15, -0.1) is 0 Å². The predicted molar refractivity (Wildman–Crippen MR) is 74.2 cm³/mol. The van der Waals surface area contributed by atoms with Gasteiger partial charge in [-0.25, -0.2) is 17.5 Å². The monoisotopic (exact) mass is 298 g/mol. The van der Waals surface area contributed by atoms with E-state index in [0.717, 1.165) is 32.4 Å². The minimum absolute atomic E-state index is 0.00815. The zero-order valence-corrected chi connectivity index (χ0v) is 12.0. The molecule has 1 saturated carbocycles. The highest BCUT2D eigenvalue weighted by molar-refractivity contribution is 7.89. The second-order valence-corrected chi connectivity index (χ2v) is 7.48. The molecule has 4 nitrogen and oxygen atoms in total. The van der Waals surface area contributed by atoms with E-state index in [2.05, 4.69) is 10.0 Å². The van der Waals surface area contributed by atoms with Crippen LogP contribution < -0.4 is 10.0 Å². The lowest BCUT2D eigenvalue weighted by Crippen LogP contribution is -2.40. The van der Waals surface area contributed by atoms with Crippen molar-refractivity contribution in [3.8, 4) is 0 Å². The van der Waals surface area contributed by atoms with Gasteiger partial charge in [0, 0.05) is 6.04 Å². The van der Waals surface area contributed by atoms with Crippen molar-refractivity contribution in [3.05, 3.63) is 30.1 Å². The van der Waals surface area contributed by atoms with Crippen molar-refractivity contribution in [2.24, 2.45) is 11.8 Å². The molecule has 1 saturated heterocycles. The van der Waals surface area contributed by atoms with Gasteiger partial charge in [0.05, 0.1) is 4.90 Å². The van der Waals surface area contributed by atoms with Gasteiger partial charge in [-0.05, 0) is 68.5 Å². The summed E-state index contributed by atoms with van der Waals surface area (Å²) in [6, 6.07) is 4.95. The first kappa shape index (κ1) is 14.0. The van der Waals surface area contributed by atoms with E-state index in [4.69, 9.17) is 0 Å². The molecule has 2 fully saturated rings. The quantitative estimate of drug-likeness (QED) is 0.889. The number of nitrogens with one attached hydrogen (secondary N) is 2. The van der Waals surface area contributed by atoms with Crippen LogP contribution in [-0.2, 0) is 10.0 Å². The van der Waals surface area contributed by atoms with Gasteiger partial charge in [0.2, 0.25) is 10.0 Å². The van der Waals surface area contributed by atoms with Crippen LogP contribution in [0.5, 0.6) is 0 Å². The number of halogens is 1. The molecule has 0 aromatic heterocycles. The summed E-state index contributed by atoms with van der Waals surface area (Å²) in [6.45, 7) is 2.04. The molecule has 3 atom stereocenters. The first-order valence-corrected chi connectivity index (χ1v) is 8.51. The maximum Gasteiger partial charge on any atom is 0.240 e. The molecule has 2 aliphatic rings. The van der Waals surface area contributed by atoms with Crippen molar-refractivity contribution in [2.45, 2.75) is 30.2 Å². The van der Waals surface area contributed by atoms with Crippen LogP contribution in [0.2, 0.25) is 0 Å². The van der Waals surface area contributed by atoms with Crippen molar-refractivity contribution in [1.29, 1.82) is 0 Å². The van der Waals surface area contributed by atoms with Gasteiger partial charge >= 0.3 is 0 Å². The highest BCUT2D eigenvalue weighted by Gasteiger charge is 2.35. The van der Waals surface area contributed by atoms with E-state index in [1.54, 1.807) is 0 Å². The van der Waals surface area contributed by atoms with Crippen LogP contribution in [0.4, 0.5) is 4.39 Å². The molecule has 0 radical (unpaired) electrons. The zero-order chi connectivity index (χ0) is 14.2. The second kappa shape index (κ2) is 5.42. The maximum absolute atomic E-state index is 12.9. The molecule has 3 rings (SSSR count). The first-order chi connectivity index (χ1) is 9.54. The molecule has 1 heterocycles. The van der Waals surface area contributed by atoms with Crippen molar-refractivity contribution >= 4 is 10.0 Å². The minimum atomic E-state index is -3.54. The number of hydrogen-bond donors (Lipinski definition) is 2. The molecule has 110 valence electrons. The number of fused-ring (bicyclic) bond motifs is 1. The van der Waals surface area contributed by atoms with Gasteiger partial charge < -0.3 is 5.32 Å². The Hall–Kier alpha value is -0.980. The van der Waals surface area contributed by atoms with E-state index in [9.17, 15) is 12.8 Å². The normalized spacial score (nSPS) is 30.1. The SMILES string of the molecule is O=S(=O)(NC1CC[C@H]2CNC[C@H]2C1)c1ccc(F)cc1. The number of hydrogen-bond acceptors (Lipinski definition) is 3.